The summed E-state index contributed by atoms with van der Waals surface area (Å²) in [4.78, 5) is 1.34. The molecule has 1 N–H and O–H groups in total. The van der Waals surface area contributed by atoms with Crippen LogP contribution >= 0.6 is 11.8 Å². The van der Waals surface area contributed by atoms with Crippen LogP contribution in [0.4, 0.5) is 0 Å². The monoisotopic (exact) mass is 299 g/mol. The third-order valence-corrected chi connectivity index (χ3v) is 4.45. The molecule has 0 bridgehead atoms. The topological polar surface area (TPSA) is 12.0 Å². The number of aryl methyl sites for hydroxylation is 2. The van der Waals surface area contributed by atoms with Crippen LogP contribution < -0.4 is 5.32 Å². The highest BCUT2D eigenvalue weighted by Crippen LogP contribution is 2.24. The minimum absolute atomic E-state index is 0.968. The van der Waals surface area contributed by atoms with Crippen LogP contribution in [0.1, 0.15) is 35.6 Å². The fourth-order valence-electron chi connectivity index (χ4n) is 2.43. The van der Waals surface area contributed by atoms with Gasteiger partial charge in [0.05, 0.1) is 0 Å². The molecule has 0 amide bonds. The van der Waals surface area contributed by atoms with E-state index in [4.69, 9.17) is 0 Å². The van der Waals surface area contributed by atoms with Gasteiger partial charge in [0.25, 0.3) is 0 Å². The van der Waals surface area contributed by atoms with Gasteiger partial charge in [-0.15, -0.1) is 11.8 Å². The lowest BCUT2D eigenvalue weighted by molar-refractivity contribution is 0.675. The van der Waals surface area contributed by atoms with Crippen molar-refractivity contribution in [1.82, 2.24) is 5.32 Å². The van der Waals surface area contributed by atoms with E-state index in [1.54, 1.807) is 0 Å². The van der Waals surface area contributed by atoms with Gasteiger partial charge in [-0.2, -0.15) is 0 Å². The standard InChI is InChI=1S/C19H25NS/c1-4-9-20-13-17-5-7-19(8-6-17)21-14-18-11-15(2)10-16(3)12-18/h5-8,10-12,20H,4,9,13-14H2,1-3H3. The molecule has 2 aromatic rings. The van der Waals surface area contributed by atoms with Crippen LogP contribution in [0.5, 0.6) is 0 Å². The average molecular weight is 299 g/mol. The maximum atomic E-state index is 3.43. The summed E-state index contributed by atoms with van der Waals surface area (Å²) in [5.74, 6) is 1.04. The van der Waals surface area contributed by atoms with E-state index in [0.29, 0.717) is 0 Å². The van der Waals surface area contributed by atoms with E-state index in [1.165, 1.54) is 33.6 Å². The molecule has 0 fully saturated rings. The molecule has 112 valence electrons. The van der Waals surface area contributed by atoms with Gasteiger partial charge in [0.2, 0.25) is 0 Å². The van der Waals surface area contributed by atoms with Gasteiger partial charge in [-0.3, -0.25) is 0 Å². The van der Waals surface area contributed by atoms with Gasteiger partial charge in [0, 0.05) is 17.2 Å². The first-order valence-electron chi connectivity index (χ1n) is 7.67. The van der Waals surface area contributed by atoms with Gasteiger partial charge < -0.3 is 5.32 Å². The minimum Gasteiger partial charge on any atom is -0.313 e. The molecule has 0 spiro atoms. The van der Waals surface area contributed by atoms with Gasteiger partial charge in [0.1, 0.15) is 0 Å². The lowest BCUT2D eigenvalue weighted by Crippen LogP contribution is -2.13. The zero-order valence-electron chi connectivity index (χ0n) is 13.3. The Hall–Kier alpha value is -1.25. The third-order valence-electron chi connectivity index (χ3n) is 3.37. The summed E-state index contributed by atoms with van der Waals surface area (Å²) in [7, 11) is 0. The van der Waals surface area contributed by atoms with Gasteiger partial charge in [-0.05, 0) is 50.1 Å². The zero-order chi connectivity index (χ0) is 15.1. The summed E-state index contributed by atoms with van der Waals surface area (Å²) >= 11 is 1.91. The highest BCUT2D eigenvalue weighted by atomic mass is 32.2. The molecule has 0 unspecified atom stereocenters. The summed E-state index contributed by atoms with van der Waals surface area (Å²) < 4.78 is 0. The molecule has 0 aliphatic carbocycles. The molecule has 0 aromatic heterocycles. The fourth-order valence-corrected chi connectivity index (χ4v) is 3.26. The molecule has 1 nitrogen and oxygen atoms in total. The molecule has 2 rings (SSSR count). The van der Waals surface area contributed by atoms with Crippen LogP contribution in [0.2, 0.25) is 0 Å². The normalized spacial score (nSPS) is 10.8. The van der Waals surface area contributed by atoms with Crippen molar-refractivity contribution in [1.29, 1.82) is 0 Å². The lowest BCUT2D eigenvalue weighted by Gasteiger charge is -2.07. The number of benzene rings is 2. The highest BCUT2D eigenvalue weighted by Gasteiger charge is 1.99. The largest absolute Gasteiger partial charge is 0.313 e. The molecule has 2 aromatic carbocycles. The Kier molecular flexibility index (Phi) is 6.34. The van der Waals surface area contributed by atoms with Crippen molar-refractivity contribution in [3.05, 3.63) is 64.7 Å². The van der Waals surface area contributed by atoms with Crippen LogP contribution in [0.25, 0.3) is 0 Å². The maximum Gasteiger partial charge on any atom is 0.0232 e. The van der Waals surface area contributed by atoms with Crippen molar-refractivity contribution in [3.63, 3.8) is 0 Å². The number of hydrogen-bond acceptors (Lipinski definition) is 2. The smallest absolute Gasteiger partial charge is 0.0232 e. The minimum atomic E-state index is 0.968. The Morgan fingerprint density at radius 1 is 0.905 bits per heavy atom. The van der Waals surface area contributed by atoms with Crippen molar-refractivity contribution in [2.45, 2.75) is 44.4 Å². The Morgan fingerprint density at radius 2 is 1.57 bits per heavy atom. The molecule has 0 heterocycles. The summed E-state index contributed by atoms with van der Waals surface area (Å²) in [6, 6.07) is 15.7. The first-order chi connectivity index (χ1) is 10.2. The van der Waals surface area contributed by atoms with Crippen molar-refractivity contribution in [2.24, 2.45) is 0 Å². The molecule has 0 aliphatic heterocycles. The Balaban J connectivity index is 1.88. The van der Waals surface area contributed by atoms with E-state index >= 15 is 0 Å². The summed E-state index contributed by atoms with van der Waals surface area (Å²) in [5.41, 5.74) is 5.47. The molecular formula is C19H25NS. The molecule has 0 atom stereocenters. The van der Waals surface area contributed by atoms with Crippen molar-refractivity contribution in [3.8, 4) is 0 Å². The van der Waals surface area contributed by atoms with E-state index < -0.39 is 0 Å². The SMILES string of the molecule is CCCNCc1ccc(SCc2cc(C)cc(C)c2)cc1. The summed E-state index contributed by atoms with van der Waals surface area (Å²) in [5, 5.41) is 3.43. The third kappa shape index (κ3) is 5.56. The summed E-state index contributed by atoms with van der Waals surface area (Å²) in [6.45, 7) is 8.58. The molecule has 0 saturated carbocycles. The molecule has 21 heavy (non-hydrogen) atoms. The molecule has 0 saturated heterocycles. The number of nitrogens with one attached hydrogen (secondary N) is 1. The van der Waals surface area contributed by atoms with Crippen LogP contribution in [-0.4, -0.2) is 6.54 Å². The molecule has 2 heteroatoms. The van der Waals surface area contributed by atoms with Gasteiger partial charge in [-0.1, -0.05) is 48.4 Å². The van der Waals surface area contributed by atoms with Crippen molar-refractivity contribution in [2.75, 3.05) is 6.54 Å². The molecule has 0 aliphatic rings. The number of rotatable bonds is 7. The second kappa shape index (κ2) is 8.26. The molecule has 0 radical (unpaired) electrons. The lowest BCUT2D eigenvalue weighted by atomic mass is 10.1. The van der Waals surface area contributed by atoms with E-state index in [9.17, 15) is 0 Å². The van der Waals surface area contributed by atoms with Gasteiger partial charge >= 0.3 is 0 Å². The van der Waals surface area contributed by atoms with E-state index in [1.807, 2.05) is 11.8 Å². The average Bonchev–Trinajstić information content (AvgIpc) is 2.46. The van der Waals surface area contributed by atoms with E-state index in [0.717, 1.165) is 18.8 Å². The first-order valence-corrected chi connectivity index (χ1v) is 8.65. The first kappa shape index (κ1) is 16.1. The quantitative estimate of drug-likeness (QED) is 0.564. The van der Waals surface area contributed by atoms with Crippen molar-refractivity contribution < 1.29 is 0 Å². The fraction of sp³-hybridized carbons (Fsp3) is 0.368. The van der Waals surface area contributed by atoms with Crippen LogP contribution in [0.3, 0.4) is 0 Å². The van der Waals surface area contributed by atoms with Crippen molar-refractivity contribution >= 4 is 11.8 Å². The van der Waals surface area contributed by atoms with Crippen LogP contribution in [-0.2, 0) is 12.3 Å². The highest BCUT2D eigenvalue weighted by molar-refractivity contribution is 7.98. The maximum absolute atomic E-state index is 3.43. The molecular weight excluding hydrogens is 274 g/mol. The summed E-state index contributed by atoms with van der Waals surface area (Å²) in [6.07, 6.45) is 1.18. The number of thioether (sulfide) groups is 1. The van der Waals surface area contributed by atoms with Gasteiger partial charge in [-0.25, -0.2) is 0 Å². The van der Waals surface area contributed by atoms with Crippen LogP contribution in [0, 0.1) is 13.8 Å². The number of hydrogen-bond donors (Lipinski definition) is 1. The predicted octanol–water partition coefficient (Wildman–Crippen LogP) is 5.10. The predicted molar refractivity (Wildman–Crippen MR) is 93.9 cm³/mol. The Bertz CT molecular complexity index is 540. The Morgan fingerprint density at radius 3 is 2.19 bits per heavy atom. The van der Waals surface area contributed by atoms with Crippen LogP contribution in [0.15, 0.2) is 47.4 Å². The van der Waals surface area contributed by atoms with E-state index in [-0.39, 0.29) is 0 Å². The second-order valence-electron chi connectivity index (χ2n) is 5.61. The Labute approximate surface area is 133 Å². The van der Waals surface area contributed by atoms with Gasteiger partial charge in [0.15, 0.2) is 0 Å². The second-order valence-corrected chi connectivity index (χ2v) is 6.65. The zero-order valence-corrected chi connectivity index (χ0v) is 14.1. The van der Waals surface area contributed by atoms with E-state index in [2.05, 4.69) is 68.6 Å².